The van der Waals surface area contributed by atoms with Crippen LogP contribution in [-0.2, 0) is 17.7 Å². The zero-order valence-electron chi connectivity index (χ0n) is 27.8. The first-order chi connectivity index (χ1) is 21.9. The average Bonchev–Trinajstić information content (AvgIpc) is 3.58. The van der Waals surface area contributed by atoms with E-state index >= 15 is 0 Å². The van der Waals surface area contributed by atoms with Crippen molar-refractivity contribution in [1.29, 1.82) is 0 Å². The van der Waals surface area contributed by atoms with Gasteiger partial charge in [0.15, 0.2) is 17.7 Å². The summed E-state index contributed by atoms with van der Waals surface area (Å²) in [7, 11) is -5.83. The van der Waals surface area contributed by atoms with Crippen LogP contribution in [0.3, 0.4) is 0 Å². The first-order valence-electron chi connectivity index (χ1n) is 16.1. The molecule has 3 aromatic heterocycles. The third-order valence-corrected chi connectivity index (χ3v) is 19.7. The number of amides is 1. The predicted octanol–water partition coefficient (Wildman–Crippen LogP) is 5.61. The molecule has 5 heterocycles. The van der Waals surface area contributed by atoms with E-state index in [0.29, 0.717) is 16.7 Å². The lowest BCUT2D eigenvalue weighted by atomic mass is 10.1. The summed E-state index contributed by atoms with van der Waals surface area (Å²) >= 11 is 0. The van der Waals surface area contributed by atoms with Gasteiger partial charge in [0.25, 0.3) is 5.91 Å². The summed E-state index contributed by atoms with van der Waals surface area (Å²) in [6.07, 6.45) is 2.95. The van der Waals surface area contributed by atoms with Crippen molar-refractivity contribution < 1.29 is 22.5 Å². The highest BCUT2D eigenvalue weighted by molar-refractivity contribution is 6.84. The highest BCUT2D eigenvalue weighted by Gasteiger charge is 2.62. The summed E-state index contributed by atoms with van der Waals surface area (Å²) in [5.74, 6) is -0.00649. The molecule has 0 unspecified atom stereocenters. The first-order valence-corrected chi connectivity index (χ1v) is 20.1. The number of carbonyl (C=O) groups excluding carboxylic acids is 1. The smallest absolute Gasteiger partial charge is 0.335 e. The molecule has 6 rings (SSSR count). The largest absolute Gasteiger partial charge is 0.414 e. The molecule has 46 heavy (non-hydrogen) atoms. The third kappa shape index (κ3) is 5.44. The number of nitrogen functional groups attached to an aromatic ring is 1. The molecule has 14 heteroatoms. The molecule has 12 nitrogen and oxygen atoms in total. The molecule has 3 N–H and O–H groups in total. The highest BCUT2D eigenvalue weighted by Crippen LogP contribution is 2.48. The second-order valence-corrected chi connectivity index (χ2v) is 22.5. The second kappa shape index (κ2) is 12.4. The lowest BCUT2D eigenvalue weighted by Gasteiger charge is -2.51. The van der Waals surface area contributed by atoms with Crippen LogP contribution in [0, 0.1) is 0 Å². The molecule has 2 saturated heterocycles. The lowest BCUT2D eigenvalue weighted by Crippen LogP contribution is -2.66. The number of nitrogens with one attached hydrogen (secondary N) is 1. The van der Waals surface area contributed by atoms with Crippen LogP contribution in [0.1, 0.15) is 72.0 Å². The third-order valence-electron chi connectivity index (χ3n) is 9.50. The highest BCUT2D eigenvalue weighted by atomic mass is 28.5. The number of benzene rings is 1. The maximum absolute atomic E-state index is 14.1. The summed E-state index contributed by atoms with van der Waals surface area (Å²) in [5, 5.41) is 4.24. The molecule has 2 aliphatic heterocycles. The number of carbonyl (C=O) groups is 1. The quantitative estimate of drug-likeness (QED) is 0.239. The van der Waals surface area contributed by atoms with E-state index in [9.17, 15) is 4.79 Å². The zero-order valence-corrected chi connectivity index (χ0v) is 29.8. The Bertz CT molecular complexity index is 1720. The fourth-order valence-corrected chi connectivity index (χ4v) is 18.3. The van der Waals surface area contributed by atoms with Crippen LogP contribution in [0.15, 0.2) is 49.2 Å². The monoisotopic (exact) mass is 663 g/mol. The van der Waals surface area contributed by atoms with E-state index in [1.807, 2.05) is 18.2 Å². The molecule has 0 bridgehead atoms. The minimum Gasteiger partial charge on any atom is -0.414 e. The average molecular weight is 664 g/mol. The molecular weight excluding hydrogens is 619 g/mol. The van der Waals surface area contributed by atoms with E-state index in [2.05, 4.69) is 80.6 Å². The van der Waals surface area contributed by atoms with Gasteiger partial charge in [0, 0.05) is 17.1 Å². The number of rotatable bonds is 7. The van der Waals surface area contributed by atoms with E-state index in [0.717, 1.165) is 10.9 Å². The molecule has 2 fully saturated rings. The number of hydrogen-bond acceptors (Lipinski definition) is 10. The Morgan fingerprint density at radius 3 is 2.37 bits per heavy atom. The summed E-state index contributed by atoms with van der Waals surface area (Å²) in [6.45, 7) is 17.7. The number of anilines is 1. The first kappa shape index (κ1) is 32.7. The number of nitrogens with zero attached hydrogens (tertiary/aromatic N) is 5. The Balaban J connectivity index is 1.46. The minimum atomic E-state index is -3.03. The van der Waals surface area contributed by atoms with Crippen LogP contribution < -0.4 is 11.1 Å². The molecule has 246 valence electrons. The van der Waals surface area contributed by atoms with Crippen molar-refractivity contribution in [2.45, 2.75) is 102 Å². The molecule has 4 atom stereocenters. The van der Waals surface area contributed by atoms with E-state index in [4.69, 9.17) is 23.4 Å². The molecule has 0 radical (unpaired) electrons. The number of fused-ring (bicyclic) bond motifs is 3. The van der Waals surface area contributed by atoms with Crippen LogP contribution in [0.25, 0.3) is 22.1 Å². The van der Waals surface area contributed by atoms with Gasteiger partial charge in [0.1, 0.15) is 30.1 Å². The van der Waals surface area contributed by atoms with Crippen LogP contribution in [0.4, 0.5) is 5.82 Å². The van der Waals surface area contributed by atoms with Crippen molar-refractivity contribution in [2.75, 3.05) is 12.3 Å². The Morgan fingerprint density at radius 1 is 0.957 bits per heavy atom. The minimum absolute atomic E-state index is 0.0998. The van der Waals surface area contributed by atoms with Crippen LogP contribution in [-0.4, -0.2) is 72.4 Å². The summed E-state index contributed by atoms with van der Waals surface area (Å²) < 4.78 is 30.4. The van der Waals surface area contributed by atoms with Gasteiger partial charge in [0.05, 0.1) is 18.5 Å². The predicted molar refractivity (Wildman–Crippen MR) is 180 cm³/mol. The topological polar surface area (TPSA) is 149 Å². The maximum Gasteiger partial charge on any atom is 0.335 e. The Hall–Kier alpha value is -3.28. The van der Waals surface area contributed by atoms with Gasteiger partial charge in [-0.15, -0.1) is 0 Å². The molecule has 0 spiro atoms. The standard InChI is InChI=1S/C32H45N7O5Si2/c1-18(2)45(19(3)4)41-15-25-28(43-46(44-45,20(5)6)21(7)8)26(32(42-25)39-17-37-27-29(33)35-16-36-30(27)39)38-31(40)23-12-11-22-10-9-13-34-24(22)14-23/h9-14,16-21,25-26,28,32H,15H2,1-8H3,(H,38,40)(H2,33,35,36)/t25-,26-,28-,32-/m1/s1. The fourth-order valence-electron chi connectivity index (χ4n) is 7.05. The van der Waals surface area contributed by atoms with Crippen LogP contribution in [0.5, 0.6) is 0 Å². The Kier molecular flexibility index (Phi) is 8.80. The van der Waals surface area contributed by atoms with E-state index in [-0.39, 0.29) is 40.5 Å². The van der Waals surface area contributed by atoms with Crippen molar-refractivity contribution in [3.05, 3.63) is 54.7 Å². The van der Waals surface area contributed by atoms with Gasteiger partial charge in [0.2, 0.25) is 0 Å². The van der Waals surface area contributed by atoms with Crippen molar-refractivity contribution in [3.63, 3.8) is 0 Å². The number of hydrogen-bond donors (Lipinski definition) is 2. The molecule has 1 aromatic carbocycles. The number of nitrogens with two attached hydrogens (primary N) is 1. The number of pyridine rings is 1. The van der Waals surface area contributed by atoms with Crippen LogP contribution >= 0.6 is 0 Å². The normalized spacial score (nSPS) is 24.5. The van der Waals surface area contributed by atoms with Crippen molar-refractivity contribution in [1.82, 2.24) is 29.8 Å². The fraction of sp³-hybridized carbons (Fsp3) is 0.531. The van der Waals surface area contributed by atoms with Crippen molar-refractivity contribution in [3.8, 4) is 0 Å². The molecule has 4 aromatic rings. The summed E-state index contributed by atoms with van der Waals surface area (Å²) in [6, 6.07) is 8.70. The Morgan fingerprint density at radius 2 is 1.67 bits per heavy atom. The second-order valence-electron chi connectivity index (χ2n) is 13.6. The van der Waals surface area contributed by atoms with Gasteiger partial charge in [-0.2, -0.15) is 0 Å². The maximum atomic E-state index is 14.1. The number of imidazole rings is 1. The molecule has 0 aliphatic carbocycles. The number of aromatic nitrogens is 5. The van der Waals surface area contributed by atoms with Gasteiger partial charge in [-0.1, -0.05) is 67.5 Å². The lowest BCUT2D eigenvalue weighted by molar-refractivity contribution is -0.0547. The van der Waals surface area contributed by atoms with E-state index in [1.54, 1.807) is 29.2 Å². The van der Waals surface area contributed by atoms with Crippen molar-refractivity contribution >= 4 is 50.9 Å². The molecule has 0 saturated carbocycles. The number of ether oxygens (including phenoxy) is 1. The van der Waals surface area contributed by atoms with Gasteiger partial charge in [-0.25, -0.2) is 15.0 Å². The SMILES string of the molecule is CC(C)[Si]1(C(C)C)OC[C@H]2O[C@@H](n3cnc4c(N)ncnc43)[C@H](NC(=O)c3ccc4cccnc4c3)[C@@H]2O[Si](C(C)C)(C(C)C)O1. The van der Waals surface area contributed by atoms with Gasteiger partial charge >= 0.3 is 17.1 Å². The summed E-state index contributed by atoms with van der Waals surface area (Å²) in [5.41, 5.74) is 8.90. The zero-order chi connectivity index (χ0) is 33.0. The molecule has 2 aliphatic rings. The van der Waals surface area contributed by atoms with E-state index < -0.39 is 41.6 Å². The van der Waals surface area contributed by atoms with Crippen LogP contribution in [0.2, 0.25) is 22.2 Å². The van der Waals surface area contributed by atoms with Gasteiger partial charge in [-0.3, -0.25) is 14.3 Å². The Labute approximate surface area is 271 Å². The van der Waals surface area contributed by atoms with E-state index in [1.165, 1.54) is 6.33 Å². The van der Waals surface area contributed by atoms with Crippen molar-refractivity contribution in [2.24, 2.45) is 0 Å². The molecule has 1 amide bonds. The van der Waals surface area contributed by atoms with Gasteiger partial charge < -0.3 is 28.8 Å². The summed E-state index contributed by atoms with van der Waals surface area (Å²) in [4.78, 5) is 31.6. The van der Waals surface area contributed by atoms with Gasteiger partial charge in [-0.05, 0) is 40.4 Å². The molecular formula is C32H45N7O5Si2.